The predicted octanol–water partition coefficient (Wildman–Crippen LogP) is 5.35. The summed E-state index contributed by atoms with van der Waals surface area (Å²) in [5, 5.41) is 7.26. The quantitative estimate of drug-likeness (QED) is 0.326. The van der Waals surface area contributed by atoms with E-state index in [4.69, 9.17) is 4.74 Å². The van der Waals surface area contributed by atoms with E-state index in [1.165, 1.54) is 11.3 Å². The lowest BCUT2D eigenvalue weighted by molar-refractivity contribution is 0.112. The highest BCUT2D eigenvalue weighted by atomic mass is 32.1. The Balaban J connectivity index is 0.00000126. The van der Waals surface area contributed by atoms with Crippen molar-refractivity contribution in [2.75, 3.05) is 24.3 Å². The summed E-state index contributed by atoms with van der Waals surface area (Å²) in [6.07, 6.45) is 4.13. The van der Waals surface area contributed by atoms with Crippen LogP contribution in [-0.4, -0.2) is 31.3 Å². The molecule has 2 aromatic heterocycles. The molecule has 7 heteroatoms. The van der Waals surface area contributed by atoms with Crippen LogP contribution in [0.25, 0.3) is 10.2 Å². The average molecular weight is 385 g/mol. The second-order valence-electron chi connectivity index (χ2n) is 5.13. The van der Waals surface area contributed by atoms with Gasteiger partial charge in [-0.05, 0) is 37.3 Å². The number of thiophene rings is 1. The van der Waals surface area contributed by atoms with Crippen LogP contribution in [-0.2, 0) is 0 Å². The zero-order valence-corrected chi connectivity index (χ0v) is 16.8. The molecule has 2 N–H and O–H groups in total. The molecule has 0 amide bonds. The summed E-state index contributed by atoms with van der Waals surface area (Å²) in [6, 6.07) is 9.40. The van der Waals surface area contributed by atoms with Gasteiger partial charge in [0.1, 0.15) is 10.6 Å². The Kier molecular flexibility index (Phi) is 7.76. The third kappa shape index (κ3) is 4.83. The van der Waals surface area contributed by atoms with Crippen molar-refractivity contribution in [3.63, 3.8) is 0 Å². The molecule has 1 aromatic carbocycles. The van der Waals surface area contributed by atoms with Crippen LogP contribution in [0.2, 0.25) is 0 Å². The number of nitrogens with one attached hydrogen (secondary N) is 2. The molecule has 0 aliphatic rings. The number of aldehydes is 1. The number of ether oxygens (including phenoxy) is 1. The summed E-state index contributed by atoms with van der Waals surface area (Å²) in [5.41, 5.74) is 2.43. The molecule has 3 rings (SSSR count). The lowest BCUT2D eigenvalue weighted by atomic mass is 10.2. The second kappa shape index (κ2) is 10.3. The van der Waals surface area contributed by atoms with Crippen molar-refractivity contribution < 1.29 is 9.53 Å². The summed E-state index contributed by atoms with van der Waals surface area (Å²) in [6.45, 7) is 6.80. The number of fused-ring (bicyclic) bond motifs is 1. The summed E-state index contributed by atoms with van der Waals surface area (Å²) < 4.78 is 5.13. The van der Waals surface area contributed by atoms with Crippen LogP contribution in [0.5, 0.6) is 5.75 Å². The number of pyridine rings is 1. The maximum absolute atomic E-state index is 11.4. The number of benzene rings is 1. The molecule has 0 radical (unpaired) electrons. The minimum Gasteiger partial charge on any atom is -0.497 e. The molecule has 0 bridgehead atoms. The number of carbonyl (C=O) groups excluding carboxylic acids is 1. The van der Waals surface area contributed by atoms with Gasteiger partial charge < -0.3 is 15.4 Å². The maximum atomic E-state index is 11.4. The SMILES string of the molecule is CC.CCNc1ccnc2sc(C=O)c(N=CNc3ccc(OC)cc3)c12. The van der Waals surface area contributed by atoms with Gasteiger partial charge in [-0.15, -0.1) is 11.3 Å². The van der Waals surface area contributed by atoms with Crippen LogP contribution in [0, 0.1) is 0 Å². The van der Waals surface area contributed by atoms with E-state index < -0.39 is 0 Å². The Hall–Kier alpha value is -2.93. The van der Waals surface area contributed by atoms with Crippen LogP contribution in [0.1, 0.15) is 30.4 Å². The second-order valence-corrected chi connectivity index (χ2v) is 6.16. The van der Waals surface area contributed by atoms with E-state index in [0.29, 0.717) is 10.6 Å². The molecule has 27 heavy (non-hydrogen) atoms. The third-order valence-electron chi connectivity index (χ3n) is 3.58. The number of hydrogen-bond donors (Lipinski definition) is 2. The van der Waals surface area contributed by atoms with Gasteiger partial charge in [-0.25, -0.2) is 9.98 Å². The highest BCUT2D eigenvalue weighted by Crippen LogP contribution is 2.39. The van der Waals surface area contributed by atoms with Gasteiger partial charge >= 0.3 is 0 Å². The first-order valence-electron chi connectivity index (χ1n) is 8.80. The van der Waals surface area contributed by atoms with Gasteiger partial charge in [-0.2, -0.15) is 0 Å². The van der Waals surface area contributed by atoms with Crippen LogP contribution in [0.3, 0.4) is 0 Å². The first-order valence-corrected chi connectivity index (χ1v) is 9.62. The van der Waals surface area contributed by atoms with Crippen LogP contribution in [0.15, 0.2) is 41.5 Å². The van der Waals surface area contributed by atoms with E-state index in [1.54, 1.807) is 19.6 Å². The maximum Gasteiger partial charge on any atom is 0.162 e. The standard InChI is InChI=1S/C18H18N4O2S.C2H6/c1-3-19-14-8-9-20-18-16(14)17(15(10-23)25-18)22-11-21-12-4-6-13(24-2)7-5-12;1-2/h4-11H,3H2,1-2H3,(H,19,20)(H,21,22);1-2H3. The Bertz CT molecular complexity index is 904. The number of anilines is 2. The van der Waals surface area contributed by atoms with Crippen molar-refractivity contribution in [1.82, 2.24) is 4.98 Å². The number of aromatic nitrogens is 1. The Morgan fingerprint density at radius 1 is 1.22 bits per heavy atom. The summed E-state index contributed by atoms with van der Waals surface area (Å²) in [7, 11) is 1.63. The molecule has 0 spiro atoms. The van der Waals surface area contributed by atoms with E-state index in [-0.39, 0.29) is 0 Å². The van der Waals surface area contributed by atoms with Gasteiger partial charge in [0.05, 0.1) is 29.4 Å². The third-order valence-corrected chi connectivity index (χ3v) is 4.59. The van der Waals surface area contributed by atoms with E-state index >= 15 is 0 Å². The molecule has 0 unspecified atom stereocenters. The number of aliphatic imine (C=N–C) groups is 1. The van der Waals surface area contributed by atoms with Crippen molar-refractivity contribution in [3.8, 4) is 5.75 Å². The number of hydrogen-bond acceptors (Lipinski definition) is 6. The fraction of sp³-hybridized carbons (Fsp3) is 0.250. The van der Waals surface area contributed by atoms with Gasteiger partial charge in [-0.3, -0.25) is 4.79 Å². The molecule has 142 valence electrons. The molecule has 0 atom stereocenters. The summed E-state index contributed by atoms with van der Waals surface area (Å²) in [5.74, 6) is 0.788. The smallest absolute Gasteiger partial charge is 0.162 e. The zero-order chi connectivity index (χ0) is 19.6. The van der Waals surface area contributed by atoms with Crippen LogP contribution >= 0.6 is 11.3 Å². The molecule has 2 heterocycles. The number of methoxy groups -OCH3 is 1. The number of carbonyl (C=O) groups is 1. The summed E-state index contributed by atoms with van der Waals surface area (Å²) >= 11 is 1.34. The highest BCUT2D eigenvalue weighted by molar-refractivity contribution is 7.21. The monoisotopic (exact) mass is 384 g/mol. The van der Waals surface area contributed by atoms with Gasteiger partial charge in [0.15, 0.2) is 6.29 Å². The molecule has 0 aliphatic heterocycles. The van der Waals surface area contributed by atoms with Crippen molar-refractivity contribution in [1.29, 1.82) is 0 Å². The Labute approximate surface area is 163 Å². The summed E-state index contributed by atoms with van der Waals surface area (Å²) in [4.78, 5) is 21.6. The lowest BCUT2D eigenvalue weighted by Crippen LogP contribution is -1.97. The topological polar surface area (TPSA) is 75.6 Å². The molecular formula is C20H24N4O2S. The molecule has 0 aliphatic carbocycles. The Morgan fingerprint density at radius 2 is 1.96 bits per heavy atom. The minimum atomic E-state index is 0.556. The number of rotatable bonds is 7. The molecular weight excluding hydrogens is 360 g/mol. The van der Waals surface area contributed by atoms with Crippen LogP contribution in [0.4, 0.5) is 17.1 Å². The van der Waals surface area contributed by atoms with Gasteiger partial charge in [0.25, 0.3) is 0 Å². The molecule has 6 nitrogen and oxygen atoms in total. The molecule has 0 saturated carbocycles. The fourth-order valence-corrected chi connectivity index (χ4v) is 3.36. The van der Waals surface area contributed by atoms with Crippen molar-refractivity contribution in [2.24, 2.45) is 4.99 Å². The largest absolute Gasteiger partial charge is 0.497 e. The van der Waals surface area contributed by atoms with Gasteiger partial charge in [-0.1, -0.05) is 13.8 Å². The highest BCUT2D eigenvalue weighted by Gasteiger charge is 2.15. The van der Waals surface area contributed by atoms with Crippen molar-refractivity contribution in [3.05, 3.63) is 41.4 Å². The molecule has 0 fully saturated rings. The van der Waals surface area contributed by atoms with Crippen molar-refractivity contribution in [2.45, 2.75) is 20.8 Å². The first kappa shape index (κ1) is 20.4. The van der Waals surface area contributed by atoms with Crippen LogP contribution < -0.4 is 15.4 Å². The van der Waals surface area contributed by atoms with E-state index in [2.05, 4.69) is 20.6 Å². The van der Waals surface area contributed by atoms with Crippen molar-refractivity contribution >= 4 is 51.2 Å². The zero-order valence-electron chi connectivity index (χ0n) is 15.9. The lowest BCUT2D eigenvalue weighted by Gasteiger charge is -2.05. The Morgan fingerprint density at radius 3 is 2.59 bits per heavy atom. The van der Waals surface area contributed by atoms with Gasteiger partial charge in [0, 0.05) is 24.1 Å². The first-order chi connectivity index (χ1) is 13.3. The molecule has 3 aromatic rings. The predicted molar refractivity (Wildman–Crippen MR) is 115 cm³/mol. The van der Waals surface area contributed by atoms with E-state index in [0.717, 1.165) is 40.2 Å². The normalized spacial score (nSPS) is 10.4. The van der Waals surface area contributed by atoms with E-state index in [1.807, 2.05) is 51.1 Å². The van der Waals surface area contributed by atoms with E-state index in [9.17, 15) is 4.79 Å². The number of nitrogens with zero attached hydrogens (tertiary/aromatic N) is 2. The van der Waals surface area contributed by atoms with Gasteiger partial charge in [0.2, 0.25) is 0 Å². The molecule has 0 saturated heterocycles. The average Bonchev–Trinajstić information content (AvgIpc) is 3.09. The fourth-order valence-electron chi connectivity index (χ4n) is 2.43. The minimum absolute atomic E-state index is 0.556.